The molecule has 1 N–H and O–H groups in total. The predicted molar refractivity (Wildman–Crippen MR) is 85.5 cm³/mol. The van der Waals surface area contributed by atoms with E-state index in [9.17, 15) is 14.7 Å². The first-order chi connectivity index (χ1) is 10.6. The summed E-state index contributed by atoms with van der Waals surface area (Å²) >= 11 is 0. The molecule has 0 fully saturated rings. The minimum absolute atomic E-state index is 0.0745. The third-order valence-corrected chi connectivity index (χ3v) is 3.25. The molecule has 4 nitrogen and oxygen atoms in total. The van der Waals surface area contributed by atoms with Gasteiger partial charge in [0.15, 0.2) is 5.78 Å². The van der Waals surface area contributed by atoms with Crippen LogP contribution in [0.15, 0.2) is 54.6 Å². The van der Waals surface area contributed by atoms with E-state index < -0.39 is 18.0 Å². The second-order valence-corrected chi connectivity index (χ2v) is 4.93. The Morgan fingerprint density at radius 1 is 1.23 bits per heavy atom. The molecule has 0 spiro atoms. The van der Waals surface area contributed by atoms with Crippen LogP contribution in [0.4, 0.5) is 0 Å². The van der Waals surface area contributed by atoms with Gasteiger partial charge < -0.3 is 9.84 Å². The Kier molecular flexibility index (Phi) is 7.86. The molecule has 0 aliphatic rings. The highest BCUT2D eigenvalue weighted by atomic mass is 16.5. The summed E-state index contributed by atoms with van der Waals surface area (Å²) in [6, 6.07) is 8.65. The molecule has 2 unspecified atom stereocenters. The summed E-state index contributed by atoms with van der Waals surface area (Å²) in [6.07, 6.45) is 6.02. The molecule has 1 aromatic carbocycles. The van der Waals surface area contributed by atoms with E-state index in [-0.39, 0.29) is 18.8 Å². The monoisotopic (exact) mass is 302 g/mol. The van der Waals surface area contributed by atoms with Gasteiger partial charge in [0.1, 0.15) is 0 Å². The molecule has 0 aromatic heterocycles. The Bertz CT molecular complexity index is 531. The molecule has 22 heavy (non-hydrogen) atoms. The first-order valence-corrected chi connectivity index (χ1v) is 7.29. The normalized spacial score (nSPS) is 14.1. The van der Waals surface area contributed by atoms with Gasteiger partial charge in [-0.25, -0.2) is 4.79 Å². The minimum atomic E-state index is -0.841. The van der Waals surface area contributed by atoms with Gasteiger partial charge in [-0.3, -0.25) is 4.79 Å². The quantitative estimate of drug-likeness (QED) is 0.455. The summed E-state index contributed by atoms with van der Waals surface area (Å²) < 4.78 is 5.09. The van der Waals surface area contributed by atoms with Crippen molar-refractivity contribution in [3.8, 4) is 0 Å². The zero-order chi connectivity index (χ0) is 16.4. The summed E-state index contributed by atoms with van der Waals surface area (Å²) in [6.45, 7) is 3.59. The molecular weight excluding hydrogens is 280 g/mol. The fourth-order valence-electron chi connectivity index (χ4n) is 1.78. The number of hydrogen-bond acceptors (Lipinski definition) is 4. The third-order valence-electron chi connectivity index (χ3n) is 3.25. The van der Waals surface area contributed by atoms with Crippen LogP contribution in [0.3, 0.4) is 0 Å². The Morgan fingerprint density at radius 2 is 1.91 bits per heavy atom. The number of benzene rings is 1. The van der Waals surface area contributed by atoms with Crippen molar-refractivity contribution in [1.29, 1.82) is 0 Å². The van der Waals surface area contributed by atoms with Crippen LogP contribution >= 0.6 is 0 Å². The first-order valence-electron chi connectivity index (χ1n) is 7.29. The highest BCUT2D eigenvalue weighted by Crippen LogP contribution is 2.10. The van der Waals surface area contributed by atoms with Crippen molar-refractivity contribution in [3.05, 3.63) is 60.2 Å². The average Bonchev–Trinajstić information content (AvgIpc) is 2.54. The maximum atomic E-state index is 11.8. The lowest BCUT2D eigenvalue weighted by atomic mass is 9.97. The molecule has 0 radical (unpaired) electrons. The van der Waals surface area contributed by atoms with Crippen LogP contribution in [-0.2, 0) is 9.53 Å². The number of hydrogen-bond donors (Lipinski definition) is 1. The number of ether oxygens (including phenoxy) is 1. The summed E-state index contributed by atoms with van der Waals surface area (Å²) in [4.78, 5) is 23.5. The van der Waals surface area contributed by atoms with Gasteiger partial charge in [0, 0.05) is 12.3 Å². The molecule has 0 saturated carbocycles. The van der Waals surface area contributed by atoms with E-state index in [0.29, 0.717) is 5.56 Å². The van der Waals surface area contributed by atoms with E-state index in [1.54, 1.807) is 43.3 Å². The number of aliphatic hydroxyl groups is 1. The molecule has 1 rings (SSSR count). The Hall–Kier alpha value is -2.20. The van der Waals surface area contributed by atoms with Crippen molar-refractivity contribution in [2.75, 3.05) is 6.61 Å². The van der Waals surface area contributed by atoms with Crippen molar-refractivity contribution in [2.45, 2.75) is 26.4 Å². The molecule has 2 atom stereocenters. The fraction of sp³-hybridized carbons (Fsp3) is 0.333. The lowest BCUT2D eigenvalue weighted by Crippen LogP contribution is -2.26. The van der Waals surface area contributed by atoms with Gasteiger partial charge in [0.05, 0.1) is 18.3 Å². The highest BCUT2D eigenvalue weighted by molar-refractivity contribution is 5.92. The predicted octanol–water partition coefficient (Wildman–Crippen LogP) is 2.93. The minimum Gasteiger partial charge on any atom is -0.462 e. The van der Waals surface area contributed by atoms with Crippen molar-refractivity contribution in [3.63, 3.8) is 0 Å². The lowest BCUT2D eigenvalue weighted by Gasteiger charge is -2.16. The molecular formula is C18H22O4. The Morgan fingerprint density at radius 3 is 2.55 bits per heavy atom. The van der Waals surface area contributed by atoms with Gasteiger partial charge in [-0.2, -0.15) is 0 Å². The number of carbonyl (C=O) groups excluding carboxylic acids is 2. The van der Waals surface area contributed by atoms with Crippen LogP contribution < -0.4 is 0 Å². The SMILES string of the molecule is C/C=C/C=C/C(=O)C(C)C(O)CCOC(=O)c1ccccc1. The van der Waals surface area contributed by atoms with Crippen molar-refractivity contribution in [1.82, 2.24) is 0 Å². The number of ketones is 1. The van der Waals surface area contributed by atoms with Crippen LogP contribution in [0.25, 0.3) is 0 Å². The van der Waals surface area contributed by atoms with Gasteiger partial charge in [-0.05, 0) is 25.1 Å². The molecule has 0 aliphatic carbocycles. The summed E-state index contributed by atoms with van der Waals surface area (Å²) in [5.74, 6) is -1.11. The van der Waals surface area contributed by atoms with Gasteiger partial charge in [-0.1, -0.05) is 43.4 Å². The molecule has 0 saturated heterocycles. The van der Waals surface area contributed by atoms with E-state index in [2.05, 4.69) is 0 Å². The zero-order valence-corrected chi connectivity index (χ0v) is 12.9. The van der Waals surface area contributed by atoms with Gasteiger partial charge >= 0.3 is 5.97 Å². The van der Waals surface area contributed by atoms with Crippen LogP contribution in [0.1, 0.15) is 30.6 Å². The smallest absolute Gasteiger partial charge is 0.338 e. The topological polar surface area (TPSA) is 63.6 Å². The Labute approximate surface area is 131 Å². The zero-order valence-electron chi connectivity index (χ0n) is 12.9. The second-order valence-electron chi connectivity index (χ2n) is 4.93. The Balaban J connectivity index is 2.37. The average molecular weight is 302 g/mol. The maximum absolute atomic E-state index is 11.8. The summed E-state index contributed by atoms with van der Waals surface area (Å²) in [5.41, 5.74) is 0.468. The van der Waals surface area contributed by atoms with E-state index in [0.717, 1.165) is 0 Å². The fourth-order valence-corrected chi connectivity index (χ4v) is 1.78. The number of esters is 1. The van der Waals surface area contributed by atoms with Crippen molar-refractivity contribution < 1.29 is 19.4 Å². The standard InChI is InChI=1S/C18H22O4/c1-3-4-6-11-16(19)14(2)17(20)12-13-22-18(21)15-9-7-5-8-10-15/h3-11,14,17,20H,12-13H2,1-2H3/b4-3+,11-6+. The number of carbonyl (C=O) groups is 2. The largest absolute Gasteiger partial charge is 0.462 e. The number of rotatable bonds is 8. The van der Waals surface area contributed by atoms with Gasteiger partial charge in [0.2, 0.25) is 0 Å². The molecule has 0 aliphatic heterocycles. The molecule has 0 amide bonds. The molecule has 4 heteroatoms. The first kappa shape index (κ1) is 17.9. The van der Waals surface area contributed by atoms with Crippen LogP contribution in [-0.4, -0.2) is 29.6 Å². The number of aliphatic hydroxyl groups excluding tert-OH is 1. The maximum Gasteiger partial charge on any atom is 0.338 e. The van der Waals surface area contributed by atoms with Crippen LogP contribution in [0, 0.1) is 5.92 Å². The van der Waals surface area contributed by atoms with Crippen molar-refractivity contribution in [2.24, 2.45) is 5.92 Å². The third kappa shape index (κ3) is 6.06. The van der Waals surface area contributed by atoms with E-state index in [1.165, 1.54) is 6.08 Å². The summed E-state index contributed by atoms with van der Waals surface area (Å²) in [7, 11) is 0. The van der Waals surface area contributed by atoms with Crippen LogP contribution in [0.5, 0.6) is 0 Å². The molecule has 118 valence electrons. The molecule has 1 aromatic rings. The van der Waals surface area contributed by atoms with E-state index in [1.807, 2.05) is 19.1 Å². The highest BCUT2D eigenvalue weighted by Gasteiger charge is 2.20. The lowest BCUT2D eigenvalue weighted by molar-refractivity contribution is -0.121. The van der Waals surface area contributed by atoms with Crippen LogP contribution in [0.2, 0.25) is 0 Å². The van der Waals surface area contributed by atoms with Crippen molar-refractivity contribution >= 4 is 11.8 Å². The van der Waals surface area contributed by atoms with E-state index >= 15 is 0 Å². The summed E-state index contributed by atoms with van der Waals surface area (Å²) in [5, 5.41) is 9.96. The van der Waals surface area contributed by atoms with E-state index in [4.69, 9.17) is 4.74 Å². The molecule has 0 bridgehead atoms. The molecule has 0 heterocycles. The van der Waals surface area contributed by atoms with Gasteiger partial charge in [0.25, 0.3) is 0 Å². The van der Waals surface area contributed by atoms with Gasteiger partial charge in [-0.15, -0.1) is 0 Å². The number of allylic oxidation sites excluding steroid dienone is 4. The second kappa shape index (κ2) is 9.68.